The fourth-order valence-electron chi connectivity index (χ4n) is 4.21. The fourth-order valence-corrected chi connectivity index (χ4v) is 4.21. The van der Waals surface area contributed by atoms with Crippen LogP contribution in [-0.4, -0.2) is 10.1 Å². The van der Waals surface area contributed by atoms with Crippen LogP contribution in [0.2, 0.25) is 0 Å². The van der Waals surface area contributed by atoms with Gasteiger partial charge in [-0.25, -0.2) is 0 Å². The fraction of sp³-hybridized carbons (Fsp3) is 0.875. The number of aromatic nitrogens is 2. The van der Waals surface area contributed by atoms with Crippen molar-refractivity contribution in [1.82, 2.24) is 10.1 Å². The third kappa shape index (κ3) is 2.28. The largest absolute Gasteiger partial charge is 0.339 e. The molecule has 2 atom stereocenters. The highest BCUT2D eigenvalue weighted by Gasteiger charge is 2.42. The lowest BCUT2D eigenvalue weighted by Crippen LogP contribution is -2.42. The second kappa shape index (κ2) is 5.14. The van der Waals surface area contributed by atoms with Gasteiger partial charge in [-0.1, -0.05) is 44.7 Å². The molecule has 20 heavy (non-hydrogen) atoms. The monoisotopic (exact) mass is 277 g/mol. The Bertz CT molecular complexity index is 464. The maximum Gasteiger partial charge on any atom is 0.232 e. The summed E-state index contributed by atoms with van der Waals surface area (Å²) in [7, 11) is 0. The van der Waals surface area contributed by atoms with Gasteiger partial charge in [-0.15, -0.1) is 0 Å². The van der Waals surface area contributed by atoms with Gasteiger partial charge in [-0.05, 0) is 38.0 Å². The highest BCUT2D eigenvalue weighted by molar-refractivity contribution is 5.12. The molecule has 0 aromatic carbocycles. The third-order valence-electron chi connectivity index (χ3n) is 5.59. The zero-order valence-electron chi connectivity index (χ0n) is 12.8. The molecule has 2 aliphatic rings. The average molecular weight is 277 g/mol. The molecule has 4 nitrogen and oxygen atoms in total. The Morgan fingerprint density at radius 2 is 2.00 bits per heavy atom. The quantitative estimate of drug-likeness (QED) is 0.915. The number of rotatable bonds is 3. The third-order valence-corrected chi connectivity index (χ3v) is 5.59. The molecule has 2 aliphatic carbocycles. The summed E-state index contributed by atoms with van der Waals surface area (Å²) in [6.07, 6.45) is 10.4. The van der Waals surface area contributed by atoms with E-state index in [1.807, 2.05) is 0 Å². The Morgan fingerprint density at radius 3 is 2.65 bits per heavy atom. The van der Waals surface area contributed by atoms with Crippen LogP contribution < -0.4 is 5.73 Å². The van der Waals surface area contributed by atoms with Crippen LogP contribution in [0.3, 0.4) is 0 Å². The molecule has 2 unspecified atom stereocenters. The van der Waals surface area contributed by atoms with Gasteiger partial charge >= 0.3 is 0 Å². The molecule has 0 saturated heterocycles. The van der Waals surface area contributed by atoms with Crippen molar-refractivity contribution in [1.29, 1.82) is 0 Å². The van der Waals surface area contributed by atoms with Gasteiger partial charge in [-0.2, -0.15) is 4.98 Å². The Balaban J connectivity index is 1.86. The molecule has 0 amide bonds. The molecule has 2 N–H and O–H groups in total. The van der Waals surface area contributed by atoms with Gasteiger partial charge in [-0.3, -0.25) is 0 Å². The minimum atomic E-state index is -0.368. The van der Waals surface area contributed by atoms with Crippen LogP contribution in [0.4, 0.5) is 0 Å². The molecule has 1 aromatic heterocycles. The van der Waals surface area contributed by atoms with Gasteiger partial charge in [0.15, 0.2) is 5.82 Å². The summed E-state index contributed by atoms with van der Waals surface area (Å²) in [6, 6.07) is 0. The average Bonchev–Trinajstić information content (AvgIpc) is 3.08. The Labute approximate surface area is 121 Å². The van der Waals surface area contributed by atoms with E-state index in [4.69, 9.17) is 15.2 Å². The first kappa shape index (κ1) is 14.1. The molecule has 3 rings (SSSR count). The predicted molar refractivity (Wildman–Crippen MR) is 78.2 cm³/mol. The normalized spacial score (nSPS) is 33.5. The predicted octanol–water partition coefficient (Wildman–Crippen LogP) is 3.66. The highest BCUT2D eigenvalue weighted by Crippen LogP contribution is 2.44. The SMILES string of the molecule is CCC1(c2nc(C3(N)CCCC(C)C3)no2)CCCC1. The summed E-state index contributed by atoms with van der Waals surface area (Å²) < 4.78 is 5.66. The number of hydrogen-bond donors (Lipinski definition) is 1. The van der Waals surface area contributed by atoms with Crippen LogP contribution in [0.1, 0.15) is 83.3 Å². The van der Waals surface area contributed by atoms with E-state index in [0.717, 1.165) is 31.0 Å². The van der Waals surface area contributed by atoms with Crippen LogP contribution in [0.5, 0.6) is 0 Å². The van der Waals surface area contributed by atoms with Crippen molar-refractivity contribution in [3.05, 3.63) is 11.7 Å². The summed E-state index contributed by atoms with van der Waals surface area (Å²) in [5, 5.41) is 4.27. The molecule has 1 heterocycles. The topological polar surface area (TPSA) is 64.9 Å². The van der Waals surface area contributed by atoms with Gasteiger partial charge in [0.1, 0.15) is 0 Å². The van der Waals surface area contributed by atoms with Crippen molar-refractivity contribution >= 4 is 0 Å². The zero-order chi connectivity index (χ0) is 14.2. The lowest BCUT2D eigenvalue weighted by molar-refractivity contribution is 0.219. The van der Waals surface area contributed by atoms with Crippen LogP contribution in [0.15, 0.2) is 4.52 Å². The Kier molecular flexibility index (Phi) is 3.61. The molecule has 0 bridgehead atoms. The highest BCUT2D eigenvalue weighted by atomic mass is 16.5. The van der Waals surface area contributed by atoms with E-state index >= 15 is 0 Å². The van der Waals surface area contributed by atoms with Crippen molar-refractivity contribution < 1.29 is 4.52 Å². The van der Waals surface area contributed by atoms with E-state index in [2.05, 4.69) is 19.0 Å². The van der Waals surface area contributed by atoms with Gasteiger partial charge in [0.25, 0.3) is 0 Å². The van der Waals surface area contributed by atoms with Gasteiger partial charge in [0, 0.05) is 5.41 Å². The van der Waals surface area contributed by atoms with E-state index in [1.165, 1.54) is 38.5 Å². The Hall–Kier alpha value is -0.900. The van der Waals surface area contributed by atoms with Crippen LogP contribution >= 0.6 is 0 Å². The minimum Gasteiger partial charge on any atom is -0.339 e. The second-order valence-electron chi connectivity index (χ2n) is 7.12. The second-order valence-corrected chi connectivity index (χ2v) is 7.12. The lowest BCUT2D eigenvalue weighted by atomic mass is 9.76. The smallest absolute Gasteiger partial charge is 0.232 e. The van der Waals surface area contributed by atoms with Crippen LogP contribution in [-0.2, 0) is 11.0 Å². The maximum atomic E-state index is 6.58. The number of hydrogen-bond acceptors (Lipinski definition) is 4. The molecule has 0 spiro atoms. The minimum absolute atomic E-state index is 0.127. The molecule has 112 valence electrons. The first-order valence-corrected chi connectivity index (χ1v) is 8.21. The molecule has 0 radical (unpaired) electrons. The zero-order valence-corrected chi connectivity index (χ0v) is 12.8. The number of nitrogens with zero attached hydrogens (tertiary/aromatic N) is 2. The Morgan fingerprint density at radius 1 is 1.25 bits per heavy atom. The van der Waals surface area contributed by atoms with Gasteiger partial charge in [0.2, 0.25) is 5.89 Å². The molecule has 2 saturated carbocycles. The van der Waals surface area contributed by atoms with Crippen LogP contribution in [0, 0.1) is 5.92 Å². The van der Waals surface area contributed by atoms with E-state index in [0.29, 0.717) is 5.92 Å². The van der Waals surface area contributed by atoms with Gasteiger partial charge < -0.3 is 10.3 Å². The van der Waals surface area contributed by atoms with E-state index in [-0.39, 0.29) is 11.0 Å². The standard InChI is InChI=1S/C16H27N3O/c1-3-15(8-4-5-9-15)14-18-13(19-20-14)16(17)10-6-7-12(2)11-16/h12H,3-11,17H2,1-2H3. The van der Waals surface area contributed by atoms with Crippen molar-refractivity contribution in [2.45, 2.75) is 82.6 Å². The lowest BCUT2D eigenvalue weighted by Gasteiger charge is -2.34. The molecule has 4 heteroatoms. The van der Waals surface area contributed by atoms with Gasteiger partial charge in [0.05, 0.1) is 5.54 Å². The number of nitrogens with two attached hydrogens (primary N) is 1. The van der Waals surface area contributed by atoms with E-state index in [9.17, 15) is 0 Å². The first-order valence-electron chi connectivity index (χ1n) is 8.21. The van der Waals surface area contributed by atoms with Crippen molar-refractivity contribution in [3.63, 3.8) is 0 Å². The maximum absolute atomic E-state index is 6.58. The van der Waals surface area contributed by atoms with E-state index < -0.39 is 0 Å². The van der Waals surface area contributed by atoms with Crippen molar-refractivity contribution in [2.75, 3.05) is 0 Å². The molecular weight excluding hydrogens is 250 g/mol. The summed E-state index contributed by atoms with van der Waals surface area (Å²) in [5.41, 5.74) is 6.34. The summed E-state index contributed by atoms with van der Waals surface area (Å²) >= 11 is 0. The summed E-state index contributed by atoms with van der Waals surface area (Å²) in [4.78, 5) is 4.76. The molecule has 2 fully saturated rings. The summed E-state index contributed by atoms with van der Waals surface area (Å²) in [6.45, 7) is 4.50. The summed E-state index contributed by atoms with van der Waals surface area (Å²) in [5.74, 6) is 2.25. The van der Waals surface area contributed by atoms with Crippen molar-refractivity contribution in [2.24, 2.45) is 11.7 Å². The van der Waals surface area contributed by atoms with Crippen LogP contribution in [0.25, 0.3) is 0 Å². The molecule has 0 aliphatic heterocycles. The molecular formula is C16H27N3O. The van der Waals surface area contributed by atoms with E-state index in [1.54, 1.807) is 0 Å². The van der Waals surface area contributed by atoms with Crippen molar-refractivity contribution in [3.8, 4) is 0 Å². The molecule has 1 aromatic rings. The first-order chi connectivity index (χ1) is 9.58.